The number of methoxy groups -OCH3 is 1. The van der Waals surface area contributed by atoms with Crippen LogP contribution >= 0.6 is 0 Å². The van der Waals surface area contributed by atoms with Crippen molar-refractivity contribution < 1.29 is 33.0 Å². The summed E-state index contributed by atoms with van der Waals surface area (Å²) in [7, 11) is 1.42. The lowest BCUT2D eigenvalue weighted by atomic mass is 10.2. The molecule has 30 heavy (non-hydrogen) atoms. The van der Waals surface area contributed by atoms with Crippen molar-refractivity contribution in [3.63, 3.8) is 0 Å². The Hall–Kier alpha value is -3.81. The van der Waals surface area contributed by atoms with Gasteiger partial charge in [-0.3, -0.25) is 9.59 Å². The summed E-state index contributed by atoms with van der Waals surface area (Å²) in [6, 6.07) is 13.5. The maximum Gasteiger partial charge on any atom is 0.344 e. The standard InChI is InChI=1S/C22H21NO7/c1-14(19-10-16-5-3-4-6-17(16)30-19)23-21(25)12-29-22(26)13-28-18-8-7-15(11-24)9-20(18)27-2/h3-11,14H,12-13H2,1-2H3,(H,23,25)/t14-/m1/s1. The van der Waals surface area contributed by atoms with Gasteiger partial charge in [-0.2, -0.15) is 0 Å². The Morgan fingerprint density at radius 2 is 1.90 bits per heavy atom. The minimum atomic E-state index is -0.719. The zero-order valence-corrected chi connectivity index (χ0v) is 16.5. The molecular weight excluding hydrogens is 390 g/mol. The molecule has 0 unspecified atom stereocenters. The van der Waals surface area contributed by atoms with Crippen LogP contribution in [0.4, 0.5) is 0 Å². The third-order valence-corrected chi connectivity index (χ3v) is 4.28. The summed E-state index contributed by atoms with van der Waals surface area (Å²) < 4.78 is 21.1. The van der Waals surface area contributed by atoms with Crippen LogP contribution in [0.5, 0.6) is 11.5 Å². The highest BCUT2D eigenvalue weighted by molar-refractivity contribution is 5.82. The molecule has 8 nitrogen and oxygen atoms in total. The van der Waals surface area contributed by atoms with Gasteiger partial charge in [-0.1, -0.05) is 18.2 Å². The Morgan fingerprint density at radius 3 is 2.63 bits per heavy atom. The molecule has 0 aliphatic heterocycles. The molecule has 2 aromatic carbocycles. The second kappa shape index (κ2) is 9.60. The molecule has 3 rings (SSSR count). The highest BCUT2D eigenvalue weighted by atomic mass is 16.6. The summed E-state index contributed by atoms with van der Waals surface area (Å²) in [6.07, 6.45) is 0.672. The lowest BCUT2D eigenvalue weighted by Crippen LogP contribution is -2.31. The van der Waals surface area contributed by atoms with Crippen LogP contribution in [0.1, 0.15) is 29.1 Å². The second-order valence-corrected chi connectivity index (χ2v) is 6.45. The second-order valence-electron chi connectivity index (χ2n) is 6.45. The van der Waals surface area contributed by atoms with Crippen molar-refractivity contribution in [1.29, 1.82) is 0 Å². The van der Waals surface area contributed by atoms with E-state index in [1.165, 1.54) is 25.3 Å². The number of hydrogen-bond acceptors (Lipinski definition) is 7. The molecule has 0 aliphatic carbocycles. The van der Waals surface area contributed by atoms with Gasteiger partial charge in [-0.25, -0.2) is 4.79 Å². The van der Waals surface area contributed by atoms with Crippen LogP contribution in [0.3, 0.4) is 0 Å². The van der Waals surface area contributed by atoms with Crippen LogP contribution < -0.4 is 14.8 Å². The molecule has 0 bridgehead atoms. The largest absolute Gasteiger partial charge is 0.493 e. The van der Waals surface area contributed by atoms with Crippen molar-refractivity contribution in [3.8, 4) is 11.5 Å². The highest BCUT2D eigenvalue weighted by Crippen LogP contribution is 2.27. The van der Waals surface area contributed by atoms with Crippen LogP contribution in [0, 0.1) is 0 Å². The maximum atomic E-state index is 12.1. The smallest absolute Gasteiger partial charge is 0.344 e. The minimum absolute atomic E-state index is 0.281. The first-order valence-corrected chi connectivity index (χ1v) is 9.19. The van der Waals surface area contributed by atoms with Gasteiger partial charge >= 0.3 is 5.97 Å². The van der Waals surface area contributed by atoms with Gasteiger partial charge in [0.2, 0.25) is 0 Å². The quantitative estimate of drug-likeness (QED) is 0.426. The molecule has 0 radical (unpaired) electrons. The average Bonchev–Trinajstić information content (AvgIpc) is 3.20. The number of hydrogen-bond donors (Lipinski definition) is 1. The highest BCUT2D eigenvalue weighted by Gasteiger charge is 2.16. The number of carbonyl (C=O) groups is 3. The zero-order chi connectivity index (χ0) is 21.5. The van der Waals surface area contributed by atoms with Crippen molar-refractivity contribution >= 4 is 29.1 Å². The normalized spacial score (nSPS) is 11.5. The SMILES string of the molecule is COc1cc(C=O)ccc1OCC(=O)OCC(=O)N[C@H](C)c1cc2ccccc2o1. The number of fused-ring (bicyclic) bond motifs is 1. The molecule has 1 atom stereocenters. The third kappa shape index (κ3) is 5.16. The molecular formula is C22H21NO7. The van der Waals surface area contributed by atoms with E-state index >= 15 is 0 Å². The number of para-hydroxylation sites is 1. The topological polar surface area (TPSA) is 104 Å². The fraction of sp³-hybridized carbons (Fsp3) is 0.227. The Kier molecular flexibility index (Phi) is 6.69. The number of aldehydes is 1. The molecule has 0 spiro atoms. The Balaban J connectivity index is 1.46. The fourth-order valence-electron chi connectivity index (χ4n) is 2.77. The summed E-state index contributed by atoms with van der Waals surface area (Å²) >= 11 is 0. The molecule has 0 saturated carbocycles. The number of benzene rings is 2. The van der Waals surface area contributed by atoms with Crippen molar-refractivity contribution in [1.82, 2.24) is 5.32 Å². The zero-order valence-electron chi connectivity index (χ0n) is 16.5. The first-order valence-electron chi connectivity index (χ1n) is 9.19. The van der Waals surface area contributed by atoms with Gasteiger partial charge in [-0.05, 0) is 37.3 Å². The number of ether oxygens (including phenoxy) is 3. The van der Waals surface area contributed by atoms with Gasteiger partial charge < -0.3 is 23.9 Å². The van der Waals surface area contributed by atoms with E-state index in [0.29, 0.717) is 23.4 Å². The van der Waals surface area contributed by atoms with Gasteiger partial charge in [-0.15, -0.1) is 0 Å². The van der Waals surface area contributed by atoms with E-state index in [9.17, 15) is 14.4 Å². The Morgan fingerprint density at radius 1 is 1.10 bits per heavy atom. The lowest BCUT2D eigenvalue weighted by Gasteiger charge is -2.12. The van der Waals surface area contributed by atoms with E-state index in [1.54, 1.807) is 6.92 Å². The average molecular weight is 411 g/mol. The van der Waals surface area contributed by atoms with E-state index in [0.717, 1.165) is 11.0 Å². The first-order chi connectivity index (χ1) is 14.5. The molecule has 156 valence electrons. The monoisotopic (exact) mass is 411 g/mol. The summed E-state index contributed by atoms with van der Waals surface area (Å²) in [5.41, 5.74) is 1.14. The van der Waals surface area contributed by atoms with Gasteiger partial charge in [0.25, 0.3) is 5.91 Å². The molecule has 3 aromatic rings. The molecule has 1 N–H and O–H groups in total. The predicted octanol–water partition coefficient (Wildman–Crippen LogP) is 3.05. The number of esters is 1. The summed E-state index contributed by atoms with van der Waals surface area (Å²) in [6.45, 7) is 0.910. The van der Waals surface area contributed by atoms with Crippen molar-refractivity contribution in [3.05, 3.63) is 59.9 Å². The predicted molar refractivity (Wildman–Crippen MR) is 108 cm³/mol. The van der Waals surface area contributed by atoms with Crippen molar-refractivity contribution in [2.45, 2.75) is 13.0 Å². The van der Waals surface area contributed by atoms with Gasteiger partial charge in [0, 0.05) is 10.9 Å². The van der Waals surface area contributed by atoms with Crippen LogP contribution in [0.25, 0.3) is 11.0 Å². The van der Waals surface area contributed by atoms with Crippen LogP contribution in [-0.4, -0.2) is 38.5 Å². The number of carbonyl (C=O) groups excluding carboxylic acids is 3. The summed E-state index contributed by atoms with van der Waals surface area (Å²) in [5, 5.41) is 3.65. The van der Waals surface area contributed by atoms with Crippen molar-refractivity contribution in [2.75, 3.05) is 20.3 Å². The summed E-state index contributed by atoms with van der Waals surface area (Å²) in [5.74, 6) is 0.00478. The van der Waals surface area contributed by atoms with Gasteiger partial charge in [0.1, 0.15) is 17.6 Å². The van der Waals surface area contributed by atoms with Gasteiger partial charge in [0.05, 0.1) is 13.2 Å². The van der Waals surface area contributed by atoms with Gasteiger partial charge in [0.15, 0.2) is 24.7 Å². The number of rotatable bonds is 9. The van der Waals surface area contributed by atoms with Crippen LogP contribution in [0.15, 0.2) is 52.9 Å². The van der Waals surface area contributed by atoms with E-state index in [4.69, 9.17) is 18.6 Å². The molecule has 0 aliphatic rings. The number of furan rings is 1. The maximum absolute atomic E-state index is 12.1. The van der Waals surface area contributed by atoms with E-state index in [1.807, 2.05) is 30.3 Å². The third-order valence-electron chi connectivity index (χ3n) is 4.28. The van der Waals surface area contributed by atoms with E-state index < -0.39 is 25.1 Å². The van der Waals surface area contributed by atoms with Crippen LogP contribution in [0.2, 0.25) is 0 Å². The Bertz CT molecular complexity index is 1020. The molecule has 0 fully saturated rings. The van der Waals surface area contributed by atoms with E-state index in [2.05, 4.69) is 5.32 Å². The Labute approximate surface area is 172 Å². The minimum Gasteiger partial charge on any atom is -0.493 e. The molecule has 1 aromatic heterocycles. The molecule has 0 saturated heterocycles. The fourth-order valence-corrected chi connectivity index (χ4v) is 2.77. The summed E-state index contributed by atoms with van der Waals surface area (Å²) in [4.78, 5) is 34.7. The number of nitrogens with one attached hydrogen (secondary N) is 1. The molecule has 8 heteroatoms. The number of amides is 1. The molecule has 1 heterocycles. The first kappa shape index (κ1) is 20.9. The lowest BCUT2D eigenvalue weighted by molar-refractivity contribution is -0.150. The van der Waals surface area contributed by atoms with E-state index in [-0.39, 0.29) is 11.8 Å². The molecule has 1 amide bonds. The van der Waals surface area contributed by atoms with Crippen molar-refractivity contribution in [2.24, 2.45) is 0 Å². The van der Waals surface area contributed by atoms with Crippen LogP contribution in [-0.2, 0) is 14.3 Å².